The lowest BCUT2D eigenvalue weighted by atomic mass is 9.76. The van der Waals surface area contributed by atoms with E-state index >= 15 is 0 Å². The van der Waals surface area contributed by atoms with Gasteiger partial charge >= 0.3 is 0 Å². The molecule has 2 rings (SSSR count). The Hall–Kier alpha value is -0.120. The van der Waals surface area contributed by atoms with Gasteiger partial charge in [-0.3, -0.25) is 0 Å². The van der Waals surface area contributed by atoms with Crippen LogP contribution < -0.4 is 5.32 Å². The maximum Gasteiger partial charge on any atom is 0.0110 e. The second-order valence-corrected chi connectivity index (χ2v) is 6.48. The standard InChI is InChI=1S/C16H33N3/c1-4-14-6-7-16(17-3)15(12-14)13-19-10-8-18(5-2)9-11-19/h14-17H,4-13H2,1-3H3. The third kappa shape index (κ3) is 4.17. The van der Waals surface area contributed by atoms with E-state index < -0.39 is 0 Å². The minimum Gasteiger partial charge on any atom is -0.317 e. The van der Waals surface area contributed by atoms with E-state index in [1.165, 1.54) is 65.0 Å². The van der Waals surface area contributed by atoms with Crippen LogP contribution in [-0.2, 0) is 0 Å². The fourth-order valence-corrected chi connectivity index (χ4v) is 3.93. The van der Waals surface area contributed by atoms with Crippen molar-refractivity contribution in [2.75, 3.05) is 46.3 Å². The molecule has 1 saturated heterocycles. The molecular formula is C16H33N3. The molecule has 3 nitrogen and oxygen atoms in total. The molecule has 1 aliphatic carbocycles. The molecule has 1 aliphatic heterocycles. The van der Waals surface area contributed by atoms with E-state index in [0.29, 0.717) is 0 Å². The van der Waals surface area contributed by atoms with Crippen LogP contribution in [0, 0.1) is 11.8 Å². The van der Waals surface area contributed by atoms with Gasteiger partial charge < -0.3 is 15.1 Å². The molecule has 0 bridgehead atoms. The van der Waals surface area contributed by atoms with Gasteiger partial charge in [0, 0.05) is 38.8 Å². The Morgan fingerprint density at radius 3 is 2.26 bits per heavy atom. The van der Waals surface area contributed by atoms with Crippen molar-refractivity contribution in [3.63, 3.8) is 0 Å². The van der Waals surface area contributed by atoms with E-state index in [1.807, 2.05) is 0 Å². The van der Waals surface area contributed by atoms with Crippen LogP contribution in [0.2, 0.25) is 0 Å². The molecule has 0 aromatic rings. The molecule has 0 spiro atoms. The highest BCUT2D eigenvalue weighted by atomic mass is 15.3. The first kappa shape index (κ1) is 15.3. The number of piperazine rings is 1. The van der Waals surface area contributed by atoms with Crippen LogP contribution in [0.25, 0.3) is 0 Å². The number of nitrogens with one attached hydrogen (secondary N) is 1. The number of nitrogens with zero attached hydrogens (tertiary/aromatic N) is 2. The van der Waals surface area contributed by atoms with E-state index in [2.05, 4.69) is 36.0 Å². The summed E-state index contributed by atoms with van der Waals surface area (Å²) in [5.74, 6) is 1.85. The molecule has 2 fully saturated rings. The molecule has 3 unspecified atom stereocenters. The third-order valence-electron chi connectivity index (χ3n) is 5.44. The molecule has 0 amide bonds. The minimum atomic E-state index is 0.756. The predicted molar refractivity (Wildman–Crippen MR) is 82.5 cm³/mol. The lowest BCUT2D eigenvalue weighted by Gasteiger charge is -2.41. The predicted octanol–water partition coefficient (Wildman–Crippen LogP) is 2.04. The Labute approximate surface area is 119 Å². The molecule has 2 aliphatic rings. The highest BCUT2D eigenvalue weighted by Gasteiger charge is 2.30. The Morgan fingerprint density at radius 2 is 1.68 bits per heavy atom. The summed E-state index contributed by atoms with van der Waals surface area (Å²) >= 11 is 0. The van der Waals surface area contributed by atoms with Crippen LogP contribution in [0.1, 0.15) is 39.5 Å². The van der Waals surface area contributed by atoms with Gasteiger partial charge in [-0.2, -0.15) is 0 Å². The molecule has 1 saturated carbocycles. The largest absolute Gasteiger partial charge is 0.317 e. The Kier molecular flexibility index (Phi) is 6.11. The van der Waals surface area contributed by atoms with Crippen molar-refractivity contribution in [1.29, 1.82) is 0 Å². The van der Waals surface area contributed by atoms with Crippen LogP contribution in [-0.4, -0.2) is 62.2 Å². The summed E-state index contributed by atoms with van der Waals surface area (Å²) < 4.78 is 0. The highest BCUT2D eigenvalue weighted by Crippen LogP contribution is 2.31. The van der Waals surface area contributed by atoms with Gasteiger partial charge in [0.05, 0.1) is 0 Å². The summed E-state index contributed by atoms with van der Waals surface area (Å²) in [4.78, 5) is 5.28. The van der Waals surface area contributed by atoms with Crippen molar-refractivity contribution in [2.45, 2.75) is 45.6 Å². The summed E-state index contributed by atoms with van der Waals surface area (Å²) in [6, 6.07) is 0.756. The summed E-state index contributed by atoms with van der Waals surface area (Å²) in [6.45, 7) is 12.3. The summed E-state index contributed by atoms with van der Waals surface area (Å²) in [5.41, 5.74) is 0. The van der Waals surface area contributed by atoms with Crippen molar-refractivity contribution in [3.05, 3.63) is 0 Å². The zero-order valence-corrected chi connectivity index (χ0v) is 13.2. The molecule has 1 heterocycles. The summed E-state index contributed by atoms with van der Waals surface area (Å²) in [5, 5.41) is 3.57. The Morgan fingerprint density at radius 1 is 1.00 bits per heavy atom. The Balaban J connectivity index is 1.82. The lowest BCUT2D eigenvalue weighted by molar-refractivity contribution is 0.0921. The smallest absolute Gasteiger partial charge is 0.0110 e. The summed E-state index contributed by atoms with van der Waals surface area (Å²) in [6.07, 6.45) is 5.63. The van der Waals surface area contributed by atoms with Gasteiger partial charge in [0.2, 0.25) is 0 Å². The molecular weight excluding hydrogens is 234 g/mol. The van der Waals surface area contributed by atoms with E-state index in [1.54, 1.807) is 0 Å². The third-order valence-corrected chi connectivity index (χ3v) is 5.44. The monoisotopic (exact) mass is 267 g/mol. The van der Waals surface area contributed by atoms with Gasteiger partial charge in [-0.05, 0) is 44.7 Å². The molecule has 1 N–H and O–H groups in total. The van der Waals surface area contributed by atoms with Gasteiger partial charge in [-0.1, -0.05) is 20.3 Å². The van der Waals surface area contributed by atoms with Crippen molar-refractivity contribution >= 4 is 0 Å². The number of rotatable bonds is 5. The fraction of sp³-hybridized carbons (Fsp3) is 1.00. The van der Waals surface area contributed by atoms with Crippen LogP contribution >= 0.6 is 0 Å². The van der Waals surface area contributed by atoms with E-state index in [9.17, 15) is 0 Å². The first-order chi connectivity index (χ1) is 9.26. The number of hydrogen-bond acceptors (Lipinski definition) is 3. The highest BCUT2D eigenvalue weighted by molar-refractivity contribution is 4.86. The average molecular weight is 267 g/mol. The van der Waals surface area contributed by atoms with Gasteiger partial charge in [-0.15, -0.1) is 0 Å². The quantitative estimate of drug-likeness (QED) is 0.822. The van der Waals surface area contributed by atoms with Gasteiger partial charge in [0.1, 0.15) is 0 Å². The molecule has 0 radical (unpaired) electrons. The first-order valence-electron chi connectivity index (χ1n) is 8.38. The van der Waals surface area contributed by atoms with Crippen molar-refractivity contribution in [2.24, 2.45) is 11.8 Å². The zero-order chi connectivity index (χ0) is 13.7. The zero-order valence-electron chi connectivity index (χ0n) is 13.2. The maximum absolute atomic E-state index is 3.57. The molecule has 19 heavy (non-hydrogen) atoms. The lowest BCUT2D eigenvalue weighted by Crippen LogP contribution is -2.51. The fourth-order valence-electron chi connectivity index (χ4n) is 3.93. The van der Waals surface area contributed by atoms with Crippen molar-refractivity contribution < 1.29 is 0 Å². The second-order valence-electron chi connectivity index (χ2n) is 6.48. The second kappa shape index (κ2) is 7.61. The molecule has 112 valence electrons. The molecule has 3 heteroatoms. The molecule has 0 aromatic heterocycles. The van der Waals surface area contributed by atoms with Gasteiger partial charge in [0.15, 0.2) is 0 Å². The van der Waals surface area contributed by atoms with Crippen molar-refractivity contribution in [1.82, 2.24) is 15.1 Å². The van der Waals surface area contributed by atoms with Crippen LogP contribution in [0.4, 0.5) is 0 Å². The van der Waals surface area contributed by atoms with Gasteiger partial charge in [0.25, 0.3) is 0 Å². The van der Waals surface area contributed by atoms with Crippen LogP contribution in [0.5, 0.6) is 0 Å². The van der Waals surface area contributed by atoms with Crippen molar-refractivity contribution in [3.8, 4) is 0 Å². The molecule has 3 atom stereocenters. The van der Waals surface area contributed by atoms with E-state index in [0.717, 1.165) is 17.9 Å². The SMILES string of the molecule is CCC1CCC(NC)C(CN2CCN(CC)CC2)C1. The van der Waals surface area contributed by atoms with Gasteiger partial charge in [-0.25, -0.2) is 0 Å². The Bertz CT molecular complexity index is 248. The van der Waals surface area contributed by atoms with Crippen LogP contribution in [0.15, 0.2) is 0 Å². The number of likely N-dealkylation sites (N-methyl/N-ethyl adjacent to an activating group) is 1. The number of hydrogen-bond donors (Lipinski definition) is 1. The van der Waals surface area contributed by atoms with E-state index in [-0.39, 0.29) is 0 Å². The first-order valence-corrected chi connectivity index (χ1v) is 8.38. The minimum absolute atomic E-state index is 0.756. The molecule has 0 aromatic carbocycles. The van der Waals surface area contributed by atoms with E-state index in [4.69, 9.17) is 0 Å². The maximum atomic E-state index is 3.57. The summed E-state index contributed by atoms with van der Waals surface area (Å²) in [7, 11) is 2.15. The normalized spacial score (nSPS) is 34.6. The average Bonchev–Trinajstić information content (AvgIpc) is 2.48. The topological polar surface area (TPSA) is 18.5 Å². The van der Waals surface area contributed by atoms with Crippen LogP contribution in [0.3, 0.4) is 0 Å².